The van der Waals surface area contributed by atoms with E-state index in [1.807, 2.05) is 42.5 Å². The molecule has 25 heavy (non-hydrogen) atoms. The number of fused-ring (bicyclic) bond motifs is 8. The number of para-hydroxylation sites is 1. The van der Waals surface area contributed by atoms with Crippen molar-refractivity contribution >= 4 is 17.5 Å². The SMILES string of the molecule is CC(C)N1[C@@H]2c3ccccc3[C@H]1[C@H]1C(=O)N(c3ccccc3)C(=O)[C@H]12. The van der Waals surface area contributed by atoms with E-state index in [1.54, 1.807) is 0 Å². The summed E-state index contributed by atoms with van der Waals surface area (Å²) in [6.07, 6.45) is 0. The fourth-order valence-corrected chi connectivity index (χ4v) is 5.15. The van der Waals surface area contributed by atoms with Crippen LogP contribution >= 0.6 is 0 Å². The molecule has 4 heteroatoms. The quantitative estimate of drug-likeness (QED) is 0.792. The number of anilines is 1. The largest absolute Gasteiger partial charge is 0.285 e. The number of amides is 2. The van der Waals surface area contributed by atoms with Gasteiger partial charge in [0, 0.05) is 18.1 Å². The van der Waals surface area contributed by atoms with Crippen LogP contribution < -0.4 is 4.90 Å². The summed E-state index contributed by atoms with van der Waals surface area (Å²) in [5.41, 5.74) is 3.13. The molecule has 4 nitrogen and oxygen atoms in total. The minimum absolute atomic E-state index is 0.0105. The van der Waals surface area contributed by atoms with Gasteiger partial charge in [0.25, 0.3) is 0 Å². The number of nitrogens with zero attached hydrogens (tertiary/aromatic N) is 2. The highest BCUT2D eigenvalue weighted by atomic mass is 16.2. The van der Waals surface area contributed by atoms with Gasteiger partial charge in [0.15, 0.2) is 0 Å². The molecule has 126 valence electrons. The Kier molecular flexibility index (Phi) is 2.98. The van der Waals surface area contributed by atoms with Crippen LogP contribution in [-0.4, -0.2) is 22.8 Å². The Morgan fingerprint density at radius 3 is 1.72 bits per heavy atom. The number of imide groups is 1. The summed E-state index contributed by atoms with van der Waals surface area (Å²) in [6.45, 7) is 4.30. The number of rotatable bonds is 2. The summed E-state index contributed by atoms with van der Waals surface area (Å²) in [7, 11) is 0. The molecule has 0 spiro atoms. The first-order valence-corrected chi connectivity index (χ1v) is 8.90. The topological polar surface area (TPSA) is 40.6 Å². The maximum atomic E-state index is 13.2. The molecule has 0 saturated carbocycles. The van der Waals surface area contributed by atoms with Crippen LogP contribution in [0.2, 0.25) is 0 Å². The smallest absolute Gasteiger partial charge is 0.239 e. The number of carbonyl (C=O) groups excluding carboxylic acids is 2. The van der Waals surface area contributed by atoms with Gasteiger partial charge in [-0.05, 0) is 37.1 Å². The zero-order chi connectivity index (χ0) is 17.3. The fraction of sp³-hybridized carbons (Fsp3) is 0.333. The van der Waals surface area contributed by atoms with E-state index in [0.717, 1.165) is 0 Å². The molecule has 0 aromatic heterocycles. The minimum Gasteiger partial charge on any atom is -0.285 e. The summed E-state index contributed by atoms with van der Waals surface area (Å²) >= 11 is 0. The molecule has 2 aromatic rings. The lowest BCUT2D eigenvalue weighted by Crippen LogP contribution is -2.38. The zero-order valence-corrected chi connectivity index (χ0v) is 14.3. The molecule has 2 bridgehead atoms. The first-order chi connectivity index (χ1) is 12.1. The fourth-order valence-electron chi connectivity index (χ4n) is 5.15. The Labute approximate surface area is 147 Å². The normalized spacial score (nSPS) is 30.3. The minimum atomic E-state index is -0.269. The summed E-state index contributed by atoms with van der Waals surface area (Å²) < 4.78 is 0. The first-order valence-electron chi connectivity index (χ1n) is 8.90. The van der Waals surface area contributed by atoms with Gasteiger partial charge in [-0.1, -0.05) is 42.5 Å². The third-order valence-corrected chi connectivity index (χ3v) is 5.96. The average molecular weight is 332 g/mol. The van der Waals surface area contributed by atoms with Crippen LogP contribution in [0.4, 0.5) is 5.69 Å². The van der Waals surface area contributed by atoms with Crippen LogP contribution in [0.25, 0.3) is 0 Å². The predicted molar refractivity (Wildman–Crippen MR) is 94.8 cm³/mol. The third-order valence-electron chi connectivity index (χ3n) is 5.96. The Morgan fingerprint density at radius 1 is 0.760 bits per heavy atom. The van der Waals surface area contributed by atoms with Gasteiger partial charge in [0.05, 0.1) is 17.5 Å². The van der Waals surface area contributed by atoms with E-state index in [2.05, 4.69) is 30.9 Å². The van der Waals surface area contributed by atoms with Crippen molar-refractivity contribution in [2.75, 3.05) is 4.90 Å². The van der Waals surface area contributed by atoms with Crippen LogP contribution in [-0.2, 0) is 9.59 Å². The van der Waals surface area contributed by atoms with E-state index >= 15 is 0 Å². The molecule has 2 fully saturated rings. The van der Waals surface area contributed by atoms with E-state index in [0.29, 0.717) is 11.7 Å². The van der Waals surface area contributed by atoms with Gasteiger partial charge < -0.3 is 0 Å². The summed E-state index contributed by atoms with van der Waals surface area (Å²) in [6, 6.07) is 17.9. The molecule has 0 N–H and O–H groups in total. The first kappa shape index (κ1) is 14.8. The molecule has 2 aromatic carbocycles. The highest BCUT2D eigenvalue weighted by Crippen LogP contribution is 2.63. The van der Waals surface area contributed by atoms with Gasteiger partial charge in [-0.3, -0.25) is 14.5 Å². The maximum absolute atomic E-state index is 13.2. The summed E-state index contributed by atoms with van der Waals surface area (Å²) in [5.74, 6) is -0.632. The highest BCUT2D eigenvalue weighted by molar-refractivity contribution is 6.23. The van der Waals surface area contributed by atoms with Gasteiger partial charge in [0.1, 0.15) is 0 Å². The molecule has 0 unspecified atom stereocenters. The second-order valence-electron chi connectivity index (χ2n) is 7.46. The van der Waals surface area contributed by atoms with Gasteiger partial charge in [0.2, 0.25) is 11.8 Å². The molecular formula is C21H20N2O2. The van der Waals surface area contributed by atoms with E-state index < -0.39 is 0 Å². The molecular weight excluding hydrogens is 312 g/mol. The standard InChI is InChI=1S/C21H20N2O2/c1-12(2)22-18-14-10-6-7-11-15(14)19(22)17-16(18)20(24)23(21(17)25)13-8-4-3-5-9-13/h3-12,16-19H,1-2H3/t16-,17+,18-,19+. The Balaban J connectivity index is 1.65. The molecule has 2 amide bonds. The van der Waals surface area contributed by atoms with Gasteiger partial charge >= 0.3 is 0 Å². The number of carbonyl (C=O) groups is 2. The summed E-state index contributed by atoms with van der Waals surface area (Å²) in [4.78, 5) is 30.3. The Bertz CT molecular complexity index is 827. The van der Waals surface area contributed by atoms with Crippen molar-refractivity contribution in [2.24, 2.45) is 11.8 Å². The molecule has 0 aliphatic carbocycles. The Morgan fingerprint density at radius 2 is 1.24 bits per heavy atom. The van der Waals surface area contributed by atoms with Crippen molar-refractivity contribution in [1.82, 2.24) is 4.90 Å². The average Bonchev–Trinajstić information content (AvgIpc) is 3.22. The van der Waals surface area contributed by atoms with Crippen LogP contribution in [0.1, 0.15) is 37.1 Å². The van der Waals surface area contributed by atoms with E-state index in [9.17, 15) is 9.59 Å². The molecule has 5 rings (SSSR count). The second kappa shape index (κ2) is 5.02. The van der Waals surface area contributed by atoms with Crippen LogP contribution in [0, 0.1) is 11.8 Å². The number of hydrogen-bond acceptors (Lipinski definition) is 3. The number of hydrogen-bond donors (Lipinski definition) is 0. The van der Waals surface area contributed by atoms with Crippen molar-refractivity contribution in [3.8, 4) is 0 Å². The van der Waals surface area contributed by atoms with Gasteiger partial charge in [-0.2, -0.15) is 0 Å². The van der Waals surface area contributed by atoms with E-state index in [-0.39, 0.29) is 35.7 Å². The molecule has 2 saturated heterocycles. The molecule has 3 heterocycles. The van der Waals surface area contributed by atoms with Crippen molar-refractivity contribution in [3.63, 3.8) is 0 Å². The zero-order valence-electron chi connectivity index (χ0n) is 14.3. The molecule has 3 aliphatic heterocycles. The van der Waals surface area contributed by atoms with Crippen molar-refractivity contribution in [2.45, 2.75) is 32.0 Å². The monoisotopic (exact) mass is 332 g/mol. The number of benzene rings is 2. The van der Waals surface area contributed by atoms with Crippen molar-refractivity contribution < 1.29 is 9.59 Å². The Hall–Kier alpha value is -2.46. The lowest BCUT2D eigenvalue weighted by molar-refractivity contribution is -0.124. The van der Waals surface area contributed by atoms with Gasteiger partial charge in [-0.15, -0.1) is 0 Å². The maximum Gasteiger partial charge on any atom is 0.239 e. The molecule has 3 aliphatic rings. The van der Waals surface area contributed by atoms with Crippen LogP contribution in [0.5, 0.6) is 0 Å². The van der Waals surface area contributed by atoms with Crippen LogP contribution in [0.3, 0.4) is 0 Å². The van der Waals surface area contributed by atoms with Gasteiger partial charge in [-0.25, -0.2) is 4.90 Å². The van der Waals surface area contributed by atoms with Crippen molar-refractivity contribution in [3.05, 3.63) is 65.7 Å². The lowest BCUT2D eigenvalue weighted by atomic mass is 9.77. The van der Waals surface area contributed by atoms with Crippen molar-refractivity contribution in [1.29, 1.82) is 0 Å². The molecule has 4 atom stereocenters. The van der Waals surface area contributed by atoms with Crippen LogP contribution in [0.15, 0.2) is 54.6 Å². The van der Waals surface area contributed by atoms with E-state index in [1.165, 1.54) is 16.0 Å². The predicted octanol–water partition coefficient (Wildman–Crippen LogP) is 3.31. The third kappa shape index (κ3) is 1.75. The highest BCUT2D eigenvalue weighted by Gasteiger charge is 2.66. The summed E-state index contributed by atoms with van der Waals surface area (Å²) in [5, 5.41) is 0. The lowest BCUT2D eigenvalue weighted by Gasteiger charge is -2.29. The second-order valence-corrected chi connectivity index (χ2v) is 7.46. The van der Waals surface area contributed by atoms with E-state index in [4.69, 9.17) is 0 Å². The molecule has 0 radical (unpaired) electrons.